The smallest absolute Gasteiger partial charge is 0.271 e. The minimum Gasteiger partial charge on any atom is -0.384 e. The minimum absolute atomic E-state index is 0.243. The van der Waals surface area contributed by atoms with E-state index in [1.165, 1.54) is 6.20 Å². The fourth-order valence-electron chi connectivity index (χ4n) is 1.54. The lowest BCUT2D eigenvalue weighted by Crippen LogP contribution is -2.28. The maximum atomic E-state index is 12.0. The van der Waals surface area contributed by atoms with Crippen LogP contribution in [0.5, 0.6) is 0 Å². The summed E-state index contributed by atoms with van der Waals surface area (Å²) in [6, 6.07) is 3.37. The molecule has 0 atom stereocenters. The molecule has 0 radical (unpaired) electrons. The van der Waals surface area contributed by atoms with Crippen molar-refractivity contribution in [2.24, 2.45) is 0 Å². The molecule has 0 aromatic carbocycles. The van der Waals surface area contributed by atoms with Gasteiger partial charge in [-0.1, -0.05) is 17.1 Å². The molecule has 0 saturated heterocycles. The molecule has 7 nitrogen and oxygen atoms in total. The second kappa shape index (κ2) is 7.01. The van der Waals surface area contributed by atoms with Crippen molar-refractivity contribution in [3.63, 3.8) is 0 Å². The van der Waals surface area contributed by atoms with Crippen molar-refractivity contribution in [2.75, 3.05) is 13.2 Å². The molecule has 20 heavy (non-hydrogen) atoms. The summed E-state index contributed by atoms with van der Waals surface area (Å²) in [5.74, 6) is 4.89. The Hall–Kier alpha value is -2.72. The number of hydrogen-bond acceptors (Lipinski definition) is 5. The highest BCUT2D eigenvalue weighted by atomic mass is 16.2. The Bertz CT molecular complexity index is 628. The molecular formula is C13H13N5O2. The first-order chi connectivity index (χ1) is 9.81. The van der Waals surface area contributed by atoms with Crippen LogP contribution in [0.25, 0.3) is 0 Å². The van der Waals surface area contributed by atoms with E-state index in [1.54, 1.807) is 29.2 Å². The highest BCUT2D eigenvalue weighted by molar-refractivity contribution is 5.94. The normalized spacial score (nSPS) is 9.65. The molecule has 102 valence electrons. The van der Waals surface area contributed by atoms with Crippen LogP contribution in [0.1, 0.15) is 16.1 Å². The van der Waals surface area contributed by atoms with Gasteiger partial charge < -0.3 is 10.4 Å². The molecule has 2 N–H and O–H groups in total. The molecule has 1 amide bonds. The van der Waals surface area contributed by atoms with Crippen molar-refractivity contribution in [1.29, 1.82) is 0 Å². The summed E-state index contributed by atoms with van der Waals surface area (Å²) < 4.78 is 1.62. The maximum absolute atomic E-state index is 12.0. The highest BCUT2D eigenvalue weighted by Crippen LogP contribution is 2.03. The molecule has 2 aromatic rings. The average Bonchev–Trinajstić information content (AvgIpc) is 2.98. The Morgan fingerprint density at radius 3 is 3.10 bits per heavy atom. The van der Waals surface area contributed by atoms with Crippen LogP contribution in [-0.2, 0) is 6.54 Å². The van der Waals surface area contributed by atoms with Gasteiger partial charge in [0.05, 0.1) is 18.3 Å². The zero-order valence-corrected chi connectivity index (χ0v) is 10.7. The molecule has 7 heteroatoms. The van der Waals surface area contributed by atoms with Crippen molar-refractivity contribution in [3.05, 3.63) is 42.0 Å². The lowest BCUT2D eigenvalue weighted by Gasteiger charge is -2.05. The van der Waals surface area contributed by atoms with Gasteiger partial charge >= 0.3 is 0 Å². The third-order valence-electron chi connectivity index (χ3n) is 2.42. The zero-order valence-electron chi connectivity index (χ0n) is 10.7. The first-order valence-corrected chi connectivity index (χ1v) is 5.98. The number of hydrogen-bond donors (Lipinski definition) is 2. The Kier molecular flexibility index (Phi) is 4.81. The van der Waals surface area contributed by atoms with Crippen LogP contribution in [0.4, 0.5) is 0 Å². The van der Waals surface area contributed by atoms with Gasteiger partial charge in [-0.25, -0.2) is 4.98 Å². The topological polar surface area (TPSA) is 92.9 Å². The van der Waals surface area contributed by atoms with Crippen molar-refractivity contribution >= 4 is 5.91 Å². The summed E-state index contributed by atoms with van der Waals surface area (Å²) in [5, 5.41) is 18.9. The summed E-state index contributed by atoms with van der Waals surface area (Å²) in [5.41, 5.74) is 0.729. The van der Waals surface area contributed by atoms with E-state index < -0.39 is 0 Å². The molecule has 0 aliphatic heterocycles. The zero-order chi connectivity index (χ0) is 14.2. The number of pyridine rings is 1. The standard InChI is InChI=1S/C13H13N5O2/c19-10-2-4-11-3-1-5-14-12(11)13(20)15-6-8-18-9-7-16-17-18/h1,3,5,7,9,19H,6,8,10H2,(H,15,20). The predicted molar refractivity (Wildman–Crippen MR) is 70.6 cm³/mol. The van der Waals surface area contributed by atoms with Crippen LogP contribution in [0.2, 0.25) is 0 Å². The number of aliphatic hydroxyl groups is 1. The summed E-state index contributed by atoms with van der Waals surface area (Å²) in [7, 11) is 0. The molecule has 2 heterocycles. The summed E-state index contributed by atoms with van der Waals surface area (Å²) >= 11 is 0. The molecule has 0 fully saturated rings. The van der Waals surface area contributed by atoms with Gasteiger partial charge in [0.2, 0.25) is 0 Å². The second-order valence-electron chi connectivity index (χ2n) is 3.78. The fraction of sp³-hybridized carbons (Fsp3) is 0.231. The molecule has 0 unspecified atom stereocenters. The number of aromatic nitrogens is 4. The summed E-state index contributed by atoms with van der Waals surface area (Å²) in [6.07, 6.45) is 4.81. The Balaban J connectivity index is 1.98. The SMILES string of the molecule is O=C(NCCn1ccnn1)c1ncccc1C#CCO. The van der Waals surface area contributed by atoms with Gasteiger partial charge in [-0.15, -0.1) is 5.10 Å². The van der Waals surface area contributed by atoms with E-state index in [0.717, 1.165) is 0 Å². The summed E-state index contributed by atoms with van der Waals surface area (Å²) in [4.78, 5) is 16.0. The second-order valence-corrected chi connectivity index (χ2v) is 3.78. The van der Waals surface area contributed by atoms with E-state index in [0.29, 0.717) is 18.7 Å². The van der Waals surface area contributed by atoms with Crippen LogP contribution in [0, 0.1) is 11.8 Å². The number of carbonyl (C=O) groups is 1. The monoisotopic (exact) mass is 271 g/mol. The van der Waals surface area contributed by atoms with E-state index in [9.17, 15) is 4.79 Å². The van der Waals surface area contributed by atoms with E-state index in [-0.39, 0.29) is 18.2 Å². The maximum Gasteiger partial charge on any atom is 0.271 e. The first-order valence-electron chi connectivity index (χ1n) is 5.98. The molecule has 0 saturated carbocycles. The van der Waals surface area contributed by atoms with Gasteiger partial charge in [0.1, 0.15) is 12.3 Å². The number of aliphatic hydroxyl groups excluding tert-OH is 1. The van der Waals surface area contributed by atoms with Crippen molar-refractivity contribution < 1.29 is 9.90 Å². The van der Waals surface area contributed by atoms with Crippen LogP contribution < -0.4 is 5.32 Å². The Labute approximate surface area is 115 Å². The number of carbonyl (C=O) groups excluding carboxylic acids is 1. The van der Waals surface area contributed by atoms with Crippen LogP contribution in [0.3, 0.4) is 0 Å². The molecule has 2 rings (SSSR count). The van der Waals surface area contributed by atoms with Crippen LogP contribution >= 0.6 is 0 Å². The minimum atomic E-state index is -0.312. The van der Waals surface area contributed by atoms with Crippen molar-refractivity contribution in [2.45, 2.75) is 6.54 Å². The Morgan fingerprint density at radius 2 is 2.35 bits per heavy atom. The van der Waals surface area contributed by atoms with Crippen molar-refractivity contribution in [3.8, 4) is 11.8 Å². The number of amides is 1. The predicted octanol–water partition coefficient (Wildman–Crippen LogP) is -0.553. The number of nitrogens with zero attached hydrogens (tertiary/aromatic N) is 4. The molecule has 0 aliphatic carbocycles. The molecule has 0 aliphatic rings. The molecule has 0 spiro atoms. The third kappa shape index (κ3) is 3.63. The van der Waals surface area contributed by atoms with E-state index in [1.807, 2.05) is 0 Å². The van der Waals surface area contributed by atoms with Gasteiger partial charge in [0, 0.05) is 18.9 Å². The quantitative estimate of drug-likeness (QED) is 0.728. The van der Waals surface area contributed by atoms with Crippen LogP contribution in [-0.4, -0.2) is 44.1 Å². The summed E-state index contributed by atoms with van der Waals surface area (Å²) in [6.45, 7) is 0.671. The largest absolute Gasteiger partial charge is 0.384 e. The van der Waals surface area contributed by atoms with Gasteiger partial charge in [0.25, 0.3) is 5.91 Å². The Morgan fingerprint density at radius 1 is 1.45 bits per heavy atom. The molecular weight excluding hydrogens is 258 g/mol. The molecule has 2 aromatic heterocycles. The fourth-order valence-corrected chi connectivity index (χ4v) is 1.54. The number of nitrogens with one attached hydrogen (secondary N) is 1. The van der Waals surface area contributed by atoms with Crippen molar-refractivity contribution in [1.82, 2.24) is 25.3 Å². The van der Waals surface area contributed by atoms with E-state index >= 15 is 0 Å². The lowest BCUT2D eigenvalue weighted by molar-refractivity contribution is 0.0946. The van der Waals surface area contributed by atoms with E-state index in [2.05, 4.69) is 32.5 Å². The van der Waals surface area contributed by atoms with Gasteiger partial charge in [-0.3, -0.25) is 9.48 Å². The number of rotatable bonds is 4. The highest BCUT2D eigenvalue weighted by Gasteiger charge is 2.10. The van der Waals surface area contributed by atoms with Gasteiger partial charge in [-0.2, -0.15) is 0 Å². The van der Waals surface area contributed by atoms with Gasteiger partial charge in [-0.05, 0) is 12.1 Å². The van der Waals surface area contributed by atoms with Crippen LogP contribution in [0.15, 0.2) is 30.7 Å². The first kappa shape index (κ1) is 13.7. The van der Waals surface area contributed by atoms with E-state index in [4.69, 9.17) is 5.11 Å². The third-order valence-corrected chi connectivity index (χ3v) is 2.42. The van der Waals surface area contributed by atoms with Gasteiger partial charge in [0.15, 0.2) is 0 Å². The molecule has 0 bridgehead atoms. The average molecular weight is 271 g/mol. The lowest BCUT2D eigenvalue weighted by atomic mass is 10.2.